The molecule has 1 saturated carbocycles. The molecule has 2 aromatic rings. The van der Waals surface area contributed by atoms with Gasteiger partial charge in [-0.15, -0.1) is 0 Å². The number of nitrogens with two attached hydrogens (primary N) is 2. The van der Waals surface area contributed by atoms with Crippen LogP contribution in [-0.2, 0) is 4.79 Å². The van der Waals surface area contributed by atoms with Crippen LogP contribution in [0.2, 0.25) is 0 Å². The SMILES string of the molecule is C[C@H](CC=O)N(N)c1cnc(C(N)=O)c(Nc2ccc(C3CC3)nc2)n1. The van der Waals surface area contributed by atoms with Crippen molar-refractivity contribution in [3.05, 3.63) is 35.9 Å². The fraction of sp³-hybridized carbons (Fsp3) is 0.353. The van der Waals surface area contributed by atoms with Crippen LogP contribution in [0.4, 0.5) is 17.3 Å². The highest BCUT2D eigenvalue weighted by Crippen LogP contribution is 2.39. The molecule has 1 aliphatic rings. The Labute approximate surface area is 150 Å². The Morgan fingerprint density at radius 2 is 2.15 bits per heavy atom. The standard InChI is InChI=1S/C17H21N7O2/c1-10(6-7-25)24(19)14-9-21-15(16(18)26)17(23-14)22-12-4-5-13(20-8-12)11-2-3-11/h4-5,7-11H,2-3,6,19H2,1H3,(H2,18,26)(H,22,23)/t10-/m1/s1. The maximum Gasteiger partial charge on any atom is 0.271 e. The highest BCUT2D eigenvalue weighted by molar-refractivity contribution is 5.96. The summed E-state index contributed by atoms with van der Waals surface area (Å²) in [6.45, 7) is 1.78. The second kappa shape index (κ2) is 7.44. The van der Waals surface area contributed by atoms with Crippen LogP contribution < -0.4 is 21.9 Å². The van der Waals surface area contributed by atoms with Gasteiger partial charge in [0.1, 0.15) is 6.29 Å². The minimum Gasteiger partial charge on any atom is -0.364 e. The van der Waals surface area contributed by atoms with Gasteiger partial charge in [-0.3, -0.25) is 14.8 Å². The smallest absolute Gasteiger partial charge is 0.271 e. The van der Waals surface area contributed by atoms with E-state index in [4.69, 9.17) is 11.6 Å². The summed E-state index contributed by atoms with van der Waals surface area (Å²) in [6, 6.07) is 3.55. The van der Waals surface area contributed by atoms with Gasteiger partial charge in [0.15, 0.2) is 17.3 Å². The normalized spacial score (nSPS) is 14.5. The highest BCUT2D eigenvalue weighted by atomic mass is 16.1. The molecule has 0 bridgehead atoms. The molecule has 2 aromatic heterocycles. The largest absolute Gasteiger partial charge is 0.364 e. The first-order valence-corrected chi connectivity index (χ1v) is 8.37. The van der Waals surface area contributed by atoms with Gasteiger partial charge in [0.05, 0.1) is 24.1 Å². The molecule has 0 radical (unpaired) electrons. The Morgan fingerprint density at radius 1 is 1.38 bits per heavy atom. The molecule has 0 unspecified atom stereocenters. The number of aldehydes is 1. The molecule has 3 rings (SSSR count). The van der Waals surface area contributed by atoms with Crippen LogP contribution in [0.3, 0.4) is 0 Å². The van der Waals surface area contributed by atoms with Crippen molar-refractivity contribution in [2.75, 3.05) is 10.3 Å². The fourth-order valence-corrected chi connectivity index (χ4v) is 2.49. The van der Waals surface area contributed by atoms with Crippen LogP contribution in [0.15, 0.2) is 24.5 Å². The zero-order valence-electron chi connectivity index (χ0n) is 14.4. The molecule has 0 aliphatic heterocycles. The number of carbonyl (C=O) groups excluding carboxylic acids is 2. The van der Waals surface area contributed by atoms with Crippen molar-refractivity contribution in [3.8, 4) is 0 Å². The van der Waals surface area contributed by atoms with E-state index >= 15 is 0 Å². The molecule has 1 fully saturated rings. The number of hydrazine groups is 1. The van der Waals surface area contributed by atoms with Gasteiger partial charge in [-0.1, -0.05) is 0 Å². The van der Waals surface area contributed by atoms with Crippen molar-refractivity contribution in [1.29, 1.82) is 0 Å². The van der Waals surface area contributed by atoms with E-state index in [2.05, 4.69) is 20.3 Å². The third-order valence-corrected chi connectivity index (χ3v) is 4.21. The number of carbonyl (C=O) groups is 2. The lowest BCUT2D eigenvalue weighted by atomic mass is 10.2. The van der Waals surface area contributed by atoms with Crippen LogP contribution in [-0.4, -0.2) is 33.2 Å². The van der Waals surface area contributed by atoms with Gasteiger partial charge >= 0.3 is 0 Å². The monoisotopic (exact) mass is 355 g/mol. The number of rotatable bonds is 8. The van der Waals surface area contributed by atoms with E-state index < -0.39 is 5.91 Å². The van der Waals surface area contributed by atoms with Crippen molar-refractivity contribution in [1.82, 2.24) is 15.0 Å². The first-order valence-electron chi connectivity index (χ1n) is 8.37. The van der Waals surface area contributed by atoms with Crippen LogP contribution in [0.5, 0.6) is 0 Å². The van der Waals surface area contributed by atoms with Gasteiger partial charge < -0.3 is 15.8 Å². The van der Waals surface area contributed by atoms with E-state index in [1.54, 1.807) is 13.1 Å². The molecular weight excluding hydrogens is 334 g/mol. The molecule has 9 heteroatoms. The Bertz CT molecular complexity index is 805. The number of primary amides is 1. The second-order valence-electron chi connectivity index (χ2n) is 6.32. The quantitative estimate of drug-likeness (QED) is 0.365. The molecule has 9 nitrogen and oxygen atoms in total. The lowest BCUT2D eigenvalue weighted by molar-refractivity contribution is -0.108. The molecule has 2 heterocycles. The zero-order valence-corrected chi connectivity index (χ0v) is 14.4. The molecule has 136 valence electrons. The molecular formula is C17H21N7O2. The fourth-order valence-electron chi connectivity index (χ4n) is 2.49. The third-order valence-electron chi connectivity index (χ3n) is 4.21. The number of amides is 1. The highest BCUT2D eigenvalue weighted by Gasteiger charge is 2.24. The van der Waals surface area contributed by atoms with Gasteiger partial charge in [0.2, 0.25) is 0 Å². The summed E-state index contributed by atoms with van der Waals surface area (Å²) in [6.07, 6.45) is 6.39. The zero-order chi connectivity index (χ0) is 18.7. The summed E-state index contributed by atoms with van der Waals surface area (Å²) in [4.78, 5) is 35.2. The molecule has 26 heavy (non-hydrogen) atoms. The average molecular weight is 355 g/mol. The molecule has 0 spiro atoms. The number of hydrogen-bond donors (Lipinski definition) is 3. The first kappa shape index (κ1) is 17.7. The number of anilines is 3. The number of nitrogens with one attached hydrogen (secondary N) is 1. The molecule has 0 saturated heterocycles. The third kappa shape index (κ3) is 3.94. The van der Waals surface area contributed by atoms with E-state index in [0.717, 1.165) is 12.0 Å². The van der Waals surface area contributed by atoms with Crippen molar-refractivity contribution in [2.45, 2.75) is 38.1 Å². The maximum atomic E-state index is 11.7. The maximum absolute atomic E-state index is 11.7. The van der Waals surface area contributed by atoms with Crippen LogP contribution in [0.1, 0.15) is 48.3 Å². The van der Waals surface area contributed by atoms with Crippen molar-refractivity contribution in [3.63, 3.8) is 0 Å². The summed E-state index contributed by atoms with van der Waals surface area (Å²) >= 11 is 0. The van der Waals surface area contributed by atoms with Gasteiger partial charge in [-0.2, -0.15) is 0 Å². The second-order valence-corrected chi connectivity index (χ2v) is 6.32. The number of nitrogens with zero attached hydrogens (tertiary/aromatic N) is 4. The van der Waals surface area contributed by atoms with Crippen LogP contribution in [0.25, 0.3) is 0 Å². The van der Waals surface area contributed by atoms with E-state index in [9.17, 15) is 9.59 Å². The molecule has 1 aliphatic carbocycles. The van der Waals surface area contributed by atoms with Crippen LogP contribution in [0, 0.1) is 0 Å². The number of pyridine rings is 1. The lowest BCUT2D eigenvalue weighted by Crippen LogP contribution is -2.40. The number of aromatic nitrogens is 3. The van der Waals surface area contributed by atoms with E-state index in [0.29, 0.717) is 17.4 Å². The van der Waals surface area contributed by atoms with Crippen molar-refractivity contribution < 1.29 is 9.59 Å². The van der Waals surface area contributed by atoms with Gasteiger partial charge in [-0.05, 0) is 31.9 Å². The first-order chi connectivity index (χ1) is 12.5. The predicted octanol–water partition coefficient (Wildman–Crippen LogP) is 1.25. The molecule has 1 atom stereocenters. The number of hydrogen-bond acceptors (Lipinski definition) is 8. The van der Waals surface area contributed by atoms with Crippen molar-refractivity contribution in [2.24, 2.45) is 11.6 Å². The Kier molecular flexibility index (Phi) is 5.08. The summed E-state index contributed by atoms with van der Waals surface area (Å²) in [5.74, 6) is 6.33. The molecule has 0 aromatic carbocycles. The summed E-state index contributed by atoms with van der Waals surface area (Å²) in [7, 11) is 0. The van der Waals surface area contributed by atoms with Gasteiger partial charge in [0, 0.05) is 18.0 Å². The summed E-state index contributed by atoms with van der Waals surface area (Å²) in [5.41, 5.74) is 7.10. The summed E-state index contributed by atoms with van der Waals surface area (Å²) < 4.78 is 0. The van der Waals surface area contributed by atoms with Gasteiger partial charge in [0.25, 0.3) is 5.91 Å². The van der Waals surface area contributed by atoms with E-state index in [1.165, 1.54) is 24.0 Å². The topological polar surface area (TPSA) is 140 Å². The van der Waals surface area contributed by atoms with E-state index in [1.807, 2.05) is 12.1 Å². The van der Waals surface area contributed by atoms with E-state index in [-0.39, 0.29) is 24.0 Å². The molecule has 5 N–H and O–H groups in total. The minimum absolute atomic E-state index is 0.00328. The average Bonchev–Trinajstić information content (AvgIpc) is 3.47. The van der Waals surface area contributed by atoms with Crippen LogP contribution >= 0.6 is 0 Å². The Hall–Kier alpha value is -3.07. The van der Waals surface area contributed by atoms with Gasteiger partial charge in [-0.25, -0.2) is 15.8 Å². The Morgan fingerprint density at radius 3 is 2.73 bits per heavy atom. The molecule has 1 amide bonds. The summed E-state index contributed by atoms with van der Waals surface area (Å²) in [5, 5.41) is 4.34. The Balaban J connectivity index is 1.86. The predicted molar refractivity (Wildman–Crippen MR) is 96.9 cm³/mol. The minimum atomic E-state index is -0.710. The lowest BCUT2D eigenvalue weighted by Gasteiger charge is -2.24. The van der Waals surface area contributed by atoms with Crippen molar-refractivity contribution >= 4 is 29.5 Å².